The molecule has 1 aromatic carbocycles. The first kappa shape index (κ1) is 21.9. The first-order chi connectivity index (χ1) is 14.5. The molecule has 0 amide bonds. The van der Waals surface area contributed by atoms with Crippen molar-refractivity contribution >= 4 is 43.4 Å². The van der Waals surface area contributed by atoms with Crippen LogP contribution < -0.4 is 20.1 Å². The van der Waals surface area contributed by atoms with Crippen molar-refractivity contribution in [1.82, 2.24) is 19.9 Å². The van der Waals surface area contributed by atoms with Crippen LogP contribution in [0, 0.1) is 0 Å². The highest BCUT2D eigenvalue weighted by Crippen LogP contribution is 2.27. The fourth-order valence-corrected chi connectivity index (χ4v) is 4.19. The van der Waals surface area contributed by atoms with Gasteiger partial charge in [0.2, 0.25) is 10.0 Å². The van der Waals surface area contributed by atoms with E-state index in [1.807, 2.05) is 18.2 Å². The summed E-state index contributed by atoms with van der Waals surface area (Å²) in [4.78, 5) is 4.24. The second-order valence-electron chi connectivity index (χ2n) is 5.99. The number of benzene rings is 1. The number of aromatic nitrogens is 3. The smallest absolute Gasteiger partial charge is 0.244 e. The van der Waals surface area contributed by atoms with E-state index in [2.05, 4.69) is 46.5 Å². The molecule has 0 aliphatic heterocycles. The largest absolute Gasteiger partial charge is 0.492 e. The lowest BCUT2D eigenvalue weighted by Crippen LogP contribution is -2.29. The third-order valence-electron chi connectivity index (χ3n) is 3.80. The maximum absolute atomic E-state index is 12.6. The van der Waals surface area contributed by atoms with Crippen molar-refractivity contribution in [3.05, 3.63) is 59.2 Å². The number of ether oxygens (including phenoxy) is 1. The molecule has 0 unspecified atom stereocenters. The zero-order valence-electron chi connectivity index (χ0n) is 16.2. The Labute approximate surface area is 183 Å². The topological polar surface area (TPSA) is 118 Å². The minimum atomic E-state index is -3.73. The monoisotopic (exact) mass is 492 g/mol. The molecule has 0 saturated heterocycles. The summed E-state index contributed by atoms with van der Waals surface area (Å²) in [6, 6.07) is 13.9. The van der Waals surface area contributed by atoms with Gasteiger partial charge in [0.05, 0.1) is 6.61 Å². The fourth-order valence-electron chi connectivity index (χ4n) is 2.48. The predicted octanol–water partition coefficient (Wildman–Crippen LogP) is 3.17. The summed E-state index contributed by atoms with van der Waals surface area (Å²) in [5.41, 5.74) is 0. The van der Waals surface area contributed by atoms with Gasteiger partial charge in [-0.25, -0.2) is 18.1 Å². The van der Waals surface area contributed by atoms with Gasteiger partial charge in [-0.15, -0.1) is 10.2 Å². The summed E-state index contributed by atoms with van der Waals surface area (Å²) in [5.74, 6) is 2.06. The molecule has 0 radical (unpaired) electrons. The third-order valence-corrected chi connectivity index (χ3v) is 5.78. The minimum Gasteiger partial charge on any atom is -0.492 e. The van der Waals surface area contributed by atoms with E-state index in [-0.39, 0.29) is 11.4 Å². The Kier molecular flexibility index (Phi) is 7.55. The molecule has 0 saturated carbocycles. The van der Waals surface area contributed by atoms with Crippen molar-refractivity contribution in [2.24, 2.45) is 0 Å². The van der Waals surface area contributed by atoms with E-state index in [1.54, 1.807) is 37.4 Å². The summed E-state index contributed by atoms with van der Waals surface area (Å²) in [7, 11) is -3.73. The molecule has 0 spiro atoms. The third kappa shape index (κ3) is 6.12. The molecule has 9 nitrogen and oxygen atoms in total. The lowest BCUT2D eigenvalue weighted by molar-refractivity contribution is 0.331. The van der Waals surface area contributed by atoms with E-state index in [9.17, 15) is 8.42 Å². The van der Waals surface area contributed by atoms with Gasteiger partial charge in [-0.3, -0.25) is 0 Å². The molecule has 3 aromatic rings. The summed E-state index contributed by atoms with van der Waals surface area (Å²) in [5, 5.41) is 14.2. The van der Waals surface area contributed by atoms with Crippen LogP contribution in [0.15, 0.2) is 64.1 Å². The summed E-state index contributed by atoms with van der Waals surface area (Å²) < 4.78 is 33.9. The summed E-state index contributed by atoms with van der Waals surface area (Å²) in [6.07, 6.45) is 1.68. The standard InChI is InChI=1S/C19H21BrN6O3S/c1-2-29-15-7-6-14(20)13-16(15)30(27,28)23-12-11-22-18-8-9-19(26-25-18)24-17-5-3-4-10-21-17/h3-10,13,23H,2,11-12H2,1H3,(H,22,25)(H,21,24,26). The second kappa shape index (κ2) is 10.3. The Morgan fingerprint density at radius 2 is 1.80 bits per heavy atom. The van der Waals surface area contributed by atoms with Crippen LogP contribution in [0.25, 0.3) is 0 Å². The van der Waals surface area contributed by atoms with E-state index in [1.165, 1.54) is 6.07 Å². The van der Waals surface area contributed by atoms with Crippen molar-refractivity contribution in [2.75, 3.05) is 30.3 Å². The number of sulfonamides is 1. The van der Waals surface area contributed by atoms with Gasteiger partial charge < -0.3 is 15.4 Å². The van der Waals surface area contributed by atoms with Crippen molar-refractivity contribution < 1.29 is 13.2 Å². The average molecular weight is 493 g/mol. The maximum atomic E-state index is 12.6. The fraction of sp³-hybridized carbons (Fsp3) is 0.211. The molecule has 0 aliphatic rings. The minimum absolute atomic E-state index is 0.0865. The normalized spacial score (nSPS) is 11.1. The van der Waals surface area contributed by atoms with Gasteiger partial charge in [0.15, 0.2) is 5.82 Å². The molecule has 3 rings (SSSR count). The van der Waals surface area contributed by atoms with Crippen molar-refractivity contribution in [1.29, 1.82) is 0 Å². The molecular formula is C19H21BrN6O3S. The summed E-state index contributed by atoms with van der Waals surface area (Å²) in [6.45, 7) is 2.67. The SMILES string of the molecule is CCOc1ccc(Br)cc1S(=O)(=O)NCCNc1ccc(Nc2ccccn2)nn1. The van der Waals surface area contributed by atoms with E-state index < -0.39 is 10.0 Å². The molecule has 3 N–H and O–H groups in total. The van der Waals surface area contributed by atoms with Crippen molar-refractivity contribution in [3.63, 3.8) is 0 Å². The number of rotatable bonds is 10. The zero-order chi connectivity index (χ0) is 21.4. The van der Waals surface area contributed by atoms with Gasteiger partial charge >= 0.3 is 0 Å². The van der Waals surface area contributed by atoms with Crippen molar-refractivity contribution in [3.8, 4) is 5.75 Å². The number of pyridine rings is 1. The molecule has 2 heterocycles. The number of anilines is 3. The highest BCUT2D eigenvalue weighted by molar-refractivity contribution is 9.10. The molecule has 0 bridgehead atoms. The van der Waals surface area contributed by atoms with Crippen LogP contribution in [-0.4, -0.2) is 43.3 Å². The summed E-state index contributed by atoms with van der Waals surface area (Å²) >= 11 is 3.29. The van der Waals surface area contributed by atoms with Gasteiger partial charge in [0.1, 0.15) is 22.3 Å². The molecule has 2 aromatic heterocycles. The Morgan fingerprint density at radius 1 is 1.00 bits per heavy atom. The Bertz CT molecular complexity index is 1070. The quantitative estimate of drug-likeness (QED) is 0.369. The number of hydrogen-bond donors (Lipinski definition) is 3. The van der Waals surface area contributed by atoms with Gasteiger partial charge in [-0.05, 0) is 49.4 Å². The van der Waals surface area contributed by atoms with Crippen LogP contribution in [-0.2, 0) is 10.0 Å². The van der Waals surface area contributed by atoms with E-state index >= 15 is 0 Å². The molecule has 0 fully saturated rings. The zero-order valence-corrected chi connectivity index (χ0v) is 18.6. The average Bonchev–Trinajstić information content (AvgIpc) is 2.74. The lowest BCUT2D eigenvalue weighted by Gasteiger charge is -2.13. The number of nitrogens with zero attached hydrogens (tertiary/aromatic N) is 3. The van der Waals surface area contributed by atoms with Crippen molar-refractivity contribution in [2.45, 2.75) is 11.8 Å². The molecule has 30 heavy (non-hydrogen) atoms. The lowest BCUT2D eigenvalue weighted by atomic mass is 10.3. The van der Waals surface area contributed by atoms with Crippen LogP contribution in [0.2, 0.25) is 0 Å². The van der Waals surface area contributed by atoms with Gasteiger partial charge in [-0.2, -0.15) is 0 Å². The molecule has 11 heteroatoms. The first-order valence-corrected chi connectivity index (χ1v) is 11.4. The maximum Gasteiger partial charge on any atom is 0.244 e. The second-order valence-corrected chi connectivity index (χ2v) is 8.64. The molecule has 0 atom stereocenters. The number of nitrogens with one attached hydrogen (secondary N) is 3. The van der Waals surface area contributed by atoms with E-state index in [0.29, 0.717) is 40.8 Å². The van der Waals surface area contributed by atoms with Crippen LogP contribution in [0.5, 0.6) is 5.75 Å². The Hall–Kier alpha value is -2.76. The van der Waals surface area contributed by atoms with Gasteiger partial charge in [-0.1, -0.05) is 22.0 Å². The predicted molar refractivity (Wildman–Crippen MR) is 119 cm³/mol. The van der Waals surface area contributed by atoms with Crippen LogP contribution in [0.4, 0.5) is 17.5 Å². The number of halogens is 1. The first-order valence-electron chi connectivity index (χ1n) is 9.15. The highest BCUT2D eigenvalue weighted by Gasteiger charge is 2.19. The van der Waals surface area contributed by atoms with Crippen LogP contribution in [0.1, 0.15) is 6.92 Å². The van der Waals surface area contributed by atoms with E-state index in [4.69, 9.17) is 4.74 Å². The Morgan fingerprint density at radius 3 is 2.50 bits per heavy atom. The molecule has 0 aliphatic carbocycles. The Balaban J connectivity index is 1.52. The van der Waals surface area contributed by atoms with Gasteiger partial charge in [0, 0.05) is 23.8 Å². The number of hydrogen-bond acceptors (Lipinski definition) is 8. The highest BCUT2D eigenvalue weighted by atomic mass is 79.9. The molecular weight excluding hydrogens is 472 g/mol. The van der Waals surface area contributed by atoms with Crippen LogP contribution >= 0.6 is 15.9 Å². The van der Waals surface area contributed by atoms with Gasteiger partial charge in [0.25, 0.3) is 0 Å². The van der Waals surface area contributed by atoms with E-state index in [0.717, 1.165) is 0 Å². The molecule has 158 valence electrons. The van der Waals surface area contributed by atoms with Crippen LogP contribution in [0.3, 0.4) is 0 Å².